The zero-order valence-corrected chi connectivity index (χ0v) is 8.94. The van der Waals surface area contributed by atoms with Crippen LogP contribution in [0, 0.1) is 6.92 Å². The van der Waals surface area contributed by atoms with Crippen LogP contribution in [0.3, 0.4) is 0 Å². The molecule has 2 nitrogen and oxygen atoms in total. The van der Waals surface area contributed by atoms with Crippen molar-refractivity contribution in [3.63, 3.8) is 0 Å². The Kier molecular flexibility index (Phi) is 2.73. The summed E-state index contributed by atoms with van der Waals surface area (Å²) in [7, 11) is 0. The van der Waals surface area contributed by atoms with Crippen molar-refractivity contribution < 1.29 is 9.90 Å². The molecule has 0 fully saturated rings. The van der Waals surface area contributed by atoms with Crippen molar-refractivity contribution in [2.75, 3.05) is 0 Å². The van der Waals surface area contributed by atoms with Gasteiger partial charge in [0.15, 0.2) is 0 Å². The minimum atomic E-state index is -1.14. The Balaban J connectivity index is 2.55. The molecule has 0 aromatic heterocycles. The second-order valence-corrected chi connectivity index (χ2v) is 3.70. The first-order valence-electron chi connectivity index (χ1n) is 5.06. The van der Waals surface area contributed by atoms with Crippen LogP contribution in [0.5, 0.6) is 0 Å². The molecular formula is C14H11O2-. The monoisotopic (exact) mass is 211 g/mol. The highest BCUT2D eigenvalue weighted by molar-refractivity contribution is 5.94. The van der Waals surface area contributed by atoms with Crippen LogP contribution in [0.2, 0.25) is 0 Å². The number of hydrogen-bond donors (Lipinski definition) is 0. The average Bonchev–Trinajstić information content (AvgIpc) is 2.30. The van der Waals surface area contributed by atoms with Gasteiger partial charge in [-0.25, -0.2) is 0 Å². The van der Waals surface area contributed by atoms with E-state index in [2.05, 4.69) is 0 Å². The lowest BCUT2D eigenvalue weighted by atomic mass is 9.99. The zero-order chi connectivity index (χ0) is 11.5. The Bertz CT molecular complexity index is 513. The molecule has 0 amide bonds. The summed E-state index contributed by atoms with van der Waals surface area (Å²) in [5, 5.41) is 11.0. The summed E-state index contributed by atoms with van der Waals surface area (Å²) in [6, 6.07) is 14.6. The van der Waals surface area contributed by atoms with Crippen molar-refractivity contribution in [1.29, 1.82) is 0 Å². The molecule has 2 heteroatoms. The standard InChI is InChI=1S/C14H12O2/c1-10-6-8-11(9-7-10)12-4-2-3-5-13(12)14(15)16/h2-9H,1H3,(H,15,16)/p-1. The van der Waals surface area contributed by atoms with Gasteiger partial charge in [-0.3, -0.25) is 0 Å². The van der Waals surface area contributed by atoms with E-state index >= 15 is 0 Å². The Labute approximate surface area is 94.2 Å². The molecule has 0 heterocycles. The van der Waals surface area contributed by atoms with Gasteiger partial charge in [0, 0.05) is 5.56 Å². The van der Waals surface area contributed by atoms with E-state index in [1.165, 1.54) is 0 Å². The number of hydrogen-bond acceptors (Lipinski definition) is 2. The minimum Gasteiger partial charge on any atom is -0.545 e. The number of carbonyl (C=O) groups is 1. The molecule has 0 aliphatic carbocycles. The maximum absolute atomic E-state index is 11.0. The van der Waals surface area contributed by atoms with Gasteiger partial charge in [0.25, 0.3) is 0 Å². The number of aryl methyl sites for hydroxylation is 1. The first kappa shape index (κ1) is 10.4. The zero-order valence-electron chi connectivity index (χ0n) is 8.94. The van der Waals surface area contributed by atoms with Gasteiger partial charge in [-0.1, -0.05) is 54.1 Å². The summed E-state index contributed by atoms with van der Waals surface area (Å²) in [5.74, 6) is -1.14. The van der Waals surface area contributed by atoms with Crippen molar-refractivity contribution in [1.82, 2.24) is 0 Å². The number of benzene rings is 2. The number of carbonyl (C=O) groups excluding carboxylic acids is 1. The Morgan fingerprint density at radius 3 is 2.25 bits per heavy atom. The number of aromatic carboxylic acids is 1. The summed E-state index contributed by atoms with van der Waals surface area (Å²) in [4.78, 5) is 11.0. The normalized spacial score (nSPS) is 10.1. The van der Waals surface area contributed by atoms with Gasteiger partial charge in [0.05, 0.1) is 5.97 Å². The van der Waals surface area contributed by atoms with Crippen LogP contribution >= 0.6 is 0 Å². The van der Waals surface area contributed by atoms with E-state index in [9.17, 15) is 9.90 Å². The van der Waals surface area contributed by atoms with Gasteiger partial charge < -0.3 is 9.90 Å². The highest BCUT2D eigenvalue weighted by Gasteiger charge is 2.04. The molecule has 2 aromatic carbocycles. The molecule has 0 saturated heterocycles. The number of carboxylic acids is 1. The van der Waals surface area contributed by atoms with Gasteiger partial charge in [-0.15, -0.1) is 0 Å². The van der Waals surface area contributed by atoms with E-state index in [1.807, 2.05) is 37.3 Å². The van der Waals surface area contributed by atoms with Gasteiger partial charge in [0.1, 0.15) is 0 Å². The van der Waals surface area contributed by atoms with Crippen LogP contribution in [0.25, 0.3) is 11.1 Å². The molecule has 0 spiro atoms. The first-order valence-corrected chi connectivity index (χ1v) is 5.06. The quantitative estimate of drug-likeness (QED) is 0.762. The Hall–Kier alpha value is -2.09. The van der Waals surface area contributed by atoms with Crippen molar-refractivity contribution in [3.05, 3.63) is 59.7 Å². The molecule has 16 heavy (non-hydrogen) atoms. The molecule has 0 atom stereocenters. The maximum atomic E-state index is 11.0. The van der Waals surface area contributed by atoms with Gasteiger partial charge >= 0.3 is 0 Å². The van der Waals surface area contributed by atoms with Crippen molar-refractivity contribution in [3.8, 4) is 11.1 Å². The lowest BCUT2D eigenvalue weighted by molar-refractivity contribution is -0.254. The van der Waals surface area contributed by atoms with E-state index in [1.54, 1.807) is 18.2 Å². The third-order valence-electron chi connectivity index (χ3n) is 2.51. The van der Waals surface area contributed by atoms with E-state index in [0.717, 1.165) is 11.1 Å². The molecule has 0 bridgehead atoms. The molecule has 0 saturated carbocycles. The van der Waals surface area contributed by atoms with Crippen LogP contribution in [0.4, 0.5) is 0 Å². The lowest BCUT2D eigenvalue weighted by Crippen LogP contribution is -2.22. The fraction of sp³-hybridized carbons (Fsp3) is 0.0714. The molecule has 0 N–H and O–H groups in total. The molecular weight excluding hydrogens is 200 g/mol. The number of carboxylic acid groups (broad SMARTS) is 1. The maximum Gasteiger partial charge on any atom is 0.0721 e. The van der Waals surface area contributed by atoms with Crippen molar-refractivity contribution in [2.45, 2.75) is 6.92 Å². The minimum absolute atomic E-state index is 0.228. The summed E-state index contributed by atoms with van der Waals surface area (Å²) < 4.78 is 0. The fourth-order valence-corrected chi connectivity index (χ4v) is 1.65. The SMILES string of the molecule is Cc1ccc(-c2ccccc2C(=O)[O-])cc1. The second-order valence-electron chi connectivity index (χ2n) is 3.70. The molecule has 80 valence electrons. The summed E-state index contributed by atoms with van der Waals surface area (Å²) in [6.07, 6.45) is 0. The van der Waals surface area contributed by atoms with Crippen LogP contribution in [0.15, 0.2) is 48.5 Å². The molecule has 0 aliphatic heterocycles. The predicted molar refractivity (Wildman–Crippen MR) is 60.9 cm³/mol. The van der Waals surface area contributed by atoms with Crippen LogP contribution in [-0.4, -0.2) is 5.97 Å². The summed E-state index contributed by atoms with van der Waals surface area (Å²) in [5.41, 5.74) is 2.97. The molecule has 0 radical (unpaired) electrons. The highest BCUT2D eigenvalue weighted by Crippen LogP contribution is 2.23. The fourth-order valence-electron chi connectivity index (χ4n) is 1.65. The van der Waals surface area contributed by atoms with E-state index < -0.39 is 5.97 Å². The molecule has 2 rings (SSSR count). The van der Waals surface area contributed by atoms with Crippen molar-refractivity contribution >= 4 is 5.97 Å². The first-order chi connectivity index (χ1) is 7.68. The van der Waals surface area contributed by atoms with E-state index in [-0.39, 0.29) is 5.56 Å². The van der Waals surface area contributed by atoms with E-state index in [0.29, 0.717) is 5.56 Å². The molecule has 0 unspecified atom stereocenters. The third kappa shape index (κ3) is 1.96. The Morgan fingerprint density at radius 1 is 1.00 bits per heavy atom. The largest absolute Gasteiger partial charge is 0.545 e. The van der Waals surface area contributed by atoms with Gasteiger partial charge in [-0.05, 0) is 18.1 Å². The highest BCUT2D eigenvalue weighted by atomic mass is 16.4. The Morgan fingerprint density at radius 2 is 1.62 bits per heavy atom. The molecule has 0 aliphatic rings. The van der Waals surface area contributed by atoms with E-state index in [4.69, 9.17) is 0 Å². The van der Waals surface area contributed by atoms with Gasteiger partial charge in [-0.2, -0.15) is 0 Å². The topological polar surface area (TPSA) is 40.1 Å². The van der Waals surface area contributed by atoms with Crippen LogP contribution < -0.4 is 5.11 Å². The number of rotatable bonds is 2. The lowest BCUT2D eigenvalue weighted by Gasteiger charge is -2.10. The average molecular weight is 211 g/mol. The van der Waals surface area contributed by atoms with Crippen molar-refractivity contribution in [2.24, 2.45) is 0 Å². The smallest absolute Gasteiger partial charge is 0.0721 e. The van der Waals surface area contributed by atoms with Crippen LogP contribution in [0.1, 0.15) is 15.9 Å². The summed E-state index contributed by atoms with van der Waals surface area (Å²) >= 11 is 0. The molecule has 2 aromatic rings. The summed E-state index contributed by atoms with van der Waals surface area (Å²) in [6.45, 7) is 1.99. The third-order valence-corrected chi connectivity index (χ3v) is 2.51. The van der Waals surface area contributed by atoms with Crippen LogP contribution in [-0.2, 0) is 0 Å². The second kappa shape index (κ2) is 4.19. The predicted octanol–water partition coefficient (Wildman–Crippen LogP) is 2.03. The van der Waals surface area contributed by atoms with Gasteiger partial charge in [0.2, 0.25) is 0 Å².